The van der Waals surface area contributed by atoms with Gasteiger partial charge < -0.3 is 4.90 Å². The lowest BCUT2D eigenvalue weighted by atomic mass is 10.4. The first-order valence-electron chi connectivity index (χ1n) is 4.38. The fourth-order valence-electron chi connectivity index (χ4n) is 1.10. The summed E-state index contributed by atoms with van der Waals surface area (Å²) in [5.74, 6) is 0. The van der Waals surface area contributed by atoms with Crippen LogP contribution in [0.1, 0.15) is 19.5 Å². The molecule has 0 spiro atoms. The van der Waals surface area contributed by atoms with Crippen molar-refractivity contribution in [3.05, 3.63) is 11.1 Å². The summed E-state index contributed by atoms with van der Waals surface area (Å²) in [5, 5.41) is 11.5. The zero-order valence-electron chi connectivity index (χ0n) is 7.95. The molecule has 0 aliphatic heterocycles. The van der Waals surface area contributed by atoms with Gasteiger partial charge in [-0.2, -0.15) is 5.26 Å². The van der Waals surface area contributed by atoms with Crippen LogP contribution in [0.2, 0.25) is 0 Å². The molecule has 0 aliphatic rings. The number of nitriles is 1. The maximum absolute atomic E-state index is 8.48. The van der Waals surface area contributed by atoms with Crippen LogP contribution in [0.15, 0.2) is 5.38 Å². The van der Waals surface area contributed by atoms with Gasteiger partial charge in [0.05, 0.1) is 18.2 Å². The average molecular weight is 195 g/mol. The molecule has 70 valence electrons. The summed E-state index contributed by atoms with van der Waals surface area (Å²) in [6.45, 7) is 6.15. The van der Waals surface area contributed by atoms with Gasteiger partial charge in [0.1, 0.15) is 0 Å². The molecule has 1 rings (SSSR count). The van der Waals surface area contributed by atoms with Gasteiger partial charge in [-0.25, -0.2) is 4.98 Å². The topological polar surface area (TPSA) is 39.9 Å². The molecule has 0 N–H and O–H groups in total. The highest BCUT2D eigenvalue weighted by atomic mass is 32.1. The summed E-state index contributed by atoms with van der Waals surface area (Å²) >= 11 is 1.61. The minimum absolute atomic E-state index is 0.414. The van der Waals surface area contributed by atoms with E-state index in [-0.39, 0.29) is 0 Å². The Morgan fingerprint density at radius 2 is 2.23 bits per heavy atom. The van der Waals surface area contributed by atoms with E-state index in [1.807, 2.05) is 5.38 Å². The van der Waals surface area contributed by atoms with E-state index in [0.29, 0.717) is 6.42 Å². The number of anilines is 1. The monoisotopic (exact) mass is 195 g/mol. The van der Waals surface area contributed by atoms with Crippen molar-refractivity contribution in [3.8, 4) is 6.07 Å². The second kappa shape index (κ2) is 4.83. The highest BCUT2D eigenvalue weighted by Crippen LogP contribution is 2.19. The largest absolute Gasteiger partial charge is 0.349 e. The Labute approximate surface area is 82.6 Å². The van der Waals surface area contributed by atoms with Crippen molar-refractivity contribution < 1.29 is 0 Å². The molecule has 1 aromatic rings. The van der Waals surface area contributed by atoms with E-state index in [4.69, 9.17) is 5.26 Å². The van der Waals surface area contributed by atoms with Crippen molar-refractivity contribution >= 4 is 16.5 Å². The quantitative estimate of drug-likeness (QED) is 0.738. The van der Waals surface area contributed by atoms with E-state index in [2.05, 4.69) is 29.8 Å². The van der Waals surface area contributed by atoms with Gasteiger partial charge in [0, 0.05) is 18.5 Å². The molecule has 1 heterocycles. The number of thiazole rings is 1. The lowest BCUT2D eigenvalue weighted by Crippen LogP contribution is -2.21. The van der Waals surface area contributed by atoms with Gasteiger partial charge in [-0.1, -0.05) is 0 Å². The third kappa shape index (κ3) is 2.43. The van der Waals surface area contributed by atoms with Crippen molar-refractivity contribution in [3.63, 3.8) is 0 Å². The number of aromatic nitrogens is 1. The van der Waals surface area contributed by atoms with E-state index in [1.54, 1.807) is 11.3 Å². The van der Waals surface area contributed by atoms with Crippen LogP contribution < -0.4 is 4.90 Å². The summed E-state index contributed by atoms with van der Waals surface area (Å²) in [6.07, 6.45) is 0.414. The number of rotatable bonds is 4. The van der Waals surface area contributed by atoms with Gasteiger partial charge in [0.25, 0.3) is 0 Å². The van der Waals surface area contributed by atoms with Gasteiger partial charge >= 0.3 is 0 Å². The van der Waals surface area contributed by atoms with Gasteiger partial charge in [-0.15, -0.1) is 11.3 Å². The molecular formula is C9H13N3S. The molecule has 0 bridgehead atoms. The molecule has 0 fully saturated rings. The Hall–Kier alpha value is -1.08. The van der Waals surface area contributed by atoms with Crippen LogP contribution in [-0.4, -0.2) is 18.1 Å². The van der Waals surface area contributed by atoms with Crippen LogP contribution in [0.4, 0.5) is 5.13 Å². The standard InChI is InChI=1S/C9H13N3S/c1-3-12(4-2)9-11-8(5-6-10)7-13-9/h7H,3-5H2,1-2H3. The van der Waals surface area contributed by atoms with Crippen molar-refractivity contribution in [2.75, 3.05) is 18.0 Å². The third-order valence-corrected chi connectivity index (χ3v) is 2.78. The number of hydrogen-bond donors (Lipinski definition) is 0. The van der Waals surface area contributed by atoms with Crippen LogP contribution in [0.3, 0.4) is 0 Å². The Kier molecular flexibility index (Phi) is 3.71. The molecule has 0 atom stereocenters. The normalized spacial score (nSPS) is 9.62. The summed E-state index contributed by atoms with van der Waals surface area (Å²) in [7, 11) is 0. The maximum Gasteiger partial charge on any atom is 0.185 e. The molecular weight excluding hydrogens is 182 g/mol. The Morgan fingerprint density at radius 1 is 1.54 bits per heavy atom. The van der Waals surface area contributed by atoms with Gasteiger partial charge in [-0.3, -0.25) is 0 Å². The molecule has 0 saturated heterocycles. The number of nitrogens with zero attached hydrogens (tertiary/aromatic N) is 3. The van der Waals surface area contributed by atoms with E-state index < -0.39 is 0 Å². The molecule has 4 heteroatoms. The minimum atomic E-state index is 0.414. The molecule has 1 aromatic heterocycles. The smallest absolute Gasteiger partial charge is 0.185 e. The molecule has 0 saturated carbocycles. The first-order valence-corrected chi connectivity index (χ1v) is 5.26. The van der Waals surface area contributed by atoms with E-state index in [1.165, 1.54) is 0 Å². The minimum Gasteiger partial charge on any atom is -0.349 e. The predicted molar refractivity (Wildman–Crippen MR) is 55.0 cm³/mol. The van der Waals surface area contributed by atoms with Crippen molar-refractivity contribution in [2.24, 2.45) is 0 Å². The van der Waals surface area contributed by atoms with Crippen LogP contribution in [0.25, 0.3) is 0 Å². The second-order valence-electron chi connectivity index (χ2n) is 2.63. The van der Waals surface area contributed by atoms with Gasteiger partial charge in [0.2, 0.25) is 0 Å². The van der Waals surface area contributed by atoms with E-state index >= 15 is 0 Å². The van der Waals surface area contributed by atoms with Gasteiger partial charge in [-0.05, 0) is 13.8 Å². The maximum atomic E-state index is 8.48. The highest BCUT2D eigenvalue weighted by Gasteiger charge is 2.06. The summed E-state index contributed by atoms with van der Waals surface area (Å²) in [5.41, 5.74) is 0.884. The van der Waals surface area contributed by atoms with Crippen LogP contribution in [0.5, 0.6) is 0 Å². The second-order valence-corrected chi connectivity index (χ2v) is 3.47. The fourth-order valence-corrected chi connectivity index (χ4v) is 2.05. The zero-order valence-corrected chi connectivity index (χ0v) is 8.77. The lowest BCUT2D eigenvalue weighted by Gasteiger charge is -2.16. The molecule has 3 nitrogen and oxygen atoms in total. The Morgan fingerprint density at radius 3 is 2.77 bits per heavy atom. The van der Waals surface area contributed by atoms with Crippen molar-refractivity contribution in [1.29, 1.82) is 5.26 Å². The lowest BCUT2D eigenvalue weighted by molar-refractivity contribution is 0.856. The van der Waals surface area contributed by atoms with Crippen LogP contribution >= 0.6 is 11.3 Å². The molecule has 0 amide bonds. The molecule has 0 aliphatic carbocycles. The van der Waals surface area contributed by atoms with E-state index in [0.717, 1.165) is 23.9 Å². The summed E-state index contributed by atoms with van der Waals surface area (Å²) in [4.78, 5) is 6.55. The Bertz CT molecular complexity index is 296. The van der Waals surface area contributed by atoms with Crippen LogP contribution in [-0.2, 0) is 6.42 Å². The zero-order chi connectivity index (χ0) is 9.68. The summed E-state index contributed by atoms with van der Waals surface area (Å²) < 4.78 is 0. The number of hydrogen-bond acceptors (Lipinski definition) is 4. The molecule has 13 heavy (non-hydrogen) atoms. The van der Waals surface area contributed by atoms with Gasteiger partial charge in [0.15, 0.2) is 5.13 Å². The fraction of sp³-hybridized carbons (Fsp3) is 0.556. The van der Waals surface area contributed by atoms with E-state index in [9.17, 15) is 0 Å². The predicted octanol–water partition coefficient (Wildman–Crippen LogP) is 2.06. The SMILES string of the molecule is CCN(CC)c1nc(CC#N)cs1. The molecule has 0 radical (unpaired) electrons. The molecule has 0 aromatic carbocycles. The van der Waals surface area contributed by atoms with Crippen LogP contribution in [0, 0.1) is 11.3 Å². The summed E-state index contributed by atoms with van der Waals surface area (Å²) in [6, 6.07) is 2.10. The van der Waals surface area contributed by atoms with Crippen molar-refractivity contribution in [1.82, 2.24) is 4.98 Å². The third-order valence-electron chi connectivity index (χ3n) is 1.83. The Balaban J connectivity index is 2.73. The first-order chi connectivity index (χ1) is 6.31. The molecule has 0 unspecified atom stereocenters. The first kappa shape index (κ1) is 10.0. The highest BCUT2D eigenvalue weighted by molar-refractivity contribution is 7.13. The average Bonchev–Trinajstić information content (AvgIpc) is 2.56. The van der Waals surface area contributed by atoms with Crippen molar-refractivity contribution in [2.45, 2.75) is 20.3 Å².